The highest BCUT2D eigenvalue weighted by molar-refractivity contribution is 6.17. The van der Waals surface area contributed by atoms with E-state index in [0.29, 0.717) is 0 Å². The Morgan fingerprint density at radius 2 is 0.886 bits per heavy atom. The molecule has 0 radical (unpaired) electrons. The zero-order chi connectivity index (χ0) is 29.8. The van der Waals surface area contributed by atoms with Crippen LogP contribution >= 0.6 is 0 Å². The maximum atomic E-state index is 2.46. The second kappa shape index (κ2) is 10.2. The van der Waals surface area contributed by atoms with E-state index in [2.05, 4.69) is 172 Å². The Balaban J connectivity index is 1.44. The van der Waals surface area contributed by atoms with Crippen molar-refractivity contribution in [3.8, 4) is 33.4 Å². The molecule has 8 aromatic carbocycles. The molecule has 0 nitrogen and oxygen atoms in total. The first-order chi connectivity index (χ1) is 21.5. The summed E-state index contributed by atoms with van der Waals surface area (Å²) in [4.78, 5) is 0. The van der Waals surface area contributed by atoms with Gasteiger partial charge in [0, 0.05) is 0 Å². The second-order valence-corrected chi connectivity index (χ2v) is 12.9. The van der Waals surface area contributed by atoms with Gasteiger partial charge in [0.2, 0.25) is 0 Å². The van der Waals surface area contributed by atoms with Crippen molar-refractivity contribution in [2.45, 2.75) is 26.2 Å². The molecule has 0 aliphatic carbocycles. The summed E-state index contributed by atoms with van der Waals surface area (Å²) < 4.78 is 0. The fourth-order valence-corrected chi connectivity index (χ4v) is 7.23. The minimum atomic E-state index is -0.0440. The Kier molecular flexibility index (Phi) is 6.13. The monoisotopic (exact) mass is 562 g/mol. The molecular formula is C44H34. The third-order valence-corrected chi connectivity index (χ3v) is 9.13. The van der Waals surface area contributed by atoms with Crippen molar-refractivity contribution in [1.29, 1.82) is 0 Å². The van der Waals surface area contributed by atoms with Crippen LogP contribution in [-0.2, 0) is 5.41 Å². The van der Waals surface area contributed by atoms with Crippen LogP contribution in [0, 0.1) is 0 Å². The number of rotatable bonds is 3. The highest BCUT2D eigenvalue weighted by Crippen LogP contribution is 2.46. The van der Waals surface area contributed by atoms with Gasteiger partial charge in [0.05, 0.1) is 0 Å². The maximum Gasteiger partial charge on any atom is -0.00264 e. The zero-order valence-corrected chi connectivity index (χ0v) is 25.4. The lowest BCUT2D eigenvalue weighted by Crippen LogP contribution is -2.13. The molecule has 8 aromatic rings. The summed E-state index contributed by atoms with van der Waals surface area (Å²) in [7, 11) is 0. The van der Waals surface area contributed by atoms with Gasteiger partial charge in [-0.3, -0.25) is 0 Å². The largest absolute Gasteiger partial charge is 0.0622 e. The van der Waals surface area contributed by atoms with E-state index in [0.717, 1.165) is 0 Å². The molecule has 0 heteroatoms. The Labute approximate surface area is 259 Å². The number of fused-ring (bicyclic) bond motifs is 4. The van der Waals surface area contributed by atoms with E-state index < -0.39 is 0 Å². The van der Waals surface area contributed by atoms with E-state index in [1.807, 2.05) is 0 Å². The SMILES string of the molecule is CC(C)(C)c1c2ccccc2c(-c2ccc3ccccc3c2)c2ccc(-c3ccc(-c4ccccc4)c4ccccc34)cc12. The molecule has 0 fully saturated rings. The molecule has 8 rings (SSSR count). The van der Waals surface area contributed by atoms with Gasteiger partial charge in [-0.2, -0.15) is 0 Å². The summed E-state index contributed by atoms with van der Waals surface area (Å²) in [5, 5.41) is 10.4. The van der Waals surface area contributed by atoms with Crippen molar-refractivity contribution in [3.63, 3.8) is 0 Å². The van der Waals surface area contributed by atoms with Crippen molar-refractivity contribution in [2.75, 3.05) is 0 Å². The van der Waals surface area contributed by atoms with Crippen LogP contribution in [0.2, 0.25) is 0 Å². The third-order valence-electron chi connectivity index (χ3n) is 9.13. The molecule has 0 atom stereocenters. The second-order valence-electron chi connectivity index (χ2n) is 12.9. The Bertz CT molecular complexity index is 2350. The third kappa shape index (κ3) is 4.29. The van der Waals surface area contributed by atoms with Crippen LogP contribution in [0.4, 0.5) is 0 Å². The minimum Gasteiger partial charge on any atom is -0.0622 e. The molecular weight excluding hydrogens is 528 g/mol. The van der Waals surface area contributed by atoms with Gasteiger partial charge in [-0.15, -0.1) is 0 Å². The lowest BCUT2D eigenvalue weighted by atomic mass is 9.77. The quantitative estimate of drug-likeness (QED) is 0.188. The van der Waals surface area contributed by atoms with Gasteiger partial charge < -0.3 is 0 Å². The molecule has 0 bridgehead atoms. The predicted molar refractivity (Wildman–Crippen MR) is 191 cm³/mol. The molecule has 44 heavy (non-hydrogen) atoms. The minimum absolute atomic E-state index is 0.0440. The molecule has 0 unspecified atom stereocenters. The molecule has 0 aromatic heterocycles. The molecule has 0 N–H and O–H groups in total. The number of hydrogen-bond donors (Lipinski definition) is 0. The average Bonchev–Trinajstić information content (AvgIpc) is 3.06. The van der Waals surface area contributed by atoms with Crippen molar-refractivity contribution in [1.82, 2.24) is 0 Å². The maximum absolute atomic E-state index is 2.46. The van der Waals surface area contributed by atoms with Gasteiger partial charge in [-0.25, -0.2) is 0 Å². The Hall–Kier alpha value is -5.20. The van der Waals surface area contributed by atoms with Crippen molar-refractivity contribution < 1.29 is 0 Å². The molecule has 0 aliphatic heterocycles. The van der Waals surface area contributed by atoms with Gasteiger partial charge in [0.1, 0.15) is 0 Å². The van der Waals surface area contributed by atoms with E-state index in [9.17, 15) is 0 Å². The zero-order valence-electron chi connectivity index (χ0n) is 25.4. The molecule has 0 saturated heterocycles. The Morgan fingerprint density at radius 3 is 1.59 bits per heavy atom. The molecule has 0 aliphatic rings. The van der Waals surface area contributed by atoms with Gasteiger partial charge >= 0.3 is 0 Å². The van der Waals surface area contributed by atoms with Crippen LogP contribution in [-0.4, -0.2) is 0 Å². The lowest BCUT2D eigenvalue weighted by Gasteiger charge is -2.27. The van der Waals surface area contributed by atoms with E-state index in [4.69, 9.17) is 0 Å². The van der Waals surface area contributed by atoms with Gasteiger partial charge in [-0.1, -0.05) is 160 Å². The molecule has 210 valence electrons. The van der Waals surface area contributed by atoms with Crippen LogP contribution < -0.4 is 0 Å². The lowest BCUT2D eigenvalue weighted by molar-refractivity contribution is 0.601. The van der Waals surface area contributed by atoms with Crippen molar-refractivity contribution in [3.05, 3.63) is 157 Å². The van der Waals surface area contributed by atoms with Gasteiger partial charge in [0.15, 0.2) is 0 Å². The summed E-state index contributed by atoms with van der Waals surface area (Å²) in [5.74, 6) is 0. The first-order valence-corrected chi connectivity index (χ1v) is 15.5. The summed E-state index contributed by atoms with van der Waals surface area (Å²) >= 11 is 0. The summed E-state index contributed by atoms with van der Waals surface area (Å²) in [5.41, 5.74) is 8.96. The Morgan fingerprint density at radius 1 is 0.341 bits per heavy atom. The normalized spacial score (nSPS) is 12.0. The predicted octanol–water partition coefficient (Wildman–Crippen LogP) is 12.6. The van der Waals surface area contributed by atoms with Crippen LogP contribution in [0.25, 0.3) is 76.5 Å². The smallest absolute Gasteiger partial charge is 0.00264 e. The topological polar surface area (TPSA) is 0 Å². The average molecular weight is 563 g/mol. The first kappa shape index (κ1) is 26.4. The van der Waals surface area contributed by atoms with E-state index in [1.165, 1.54) is 82.0 Å². The summed E-state index contributed by atoms with van der Waals surface area (Å²) in [6.07, 6.45) is 0. The molecule has 0 heterocycles. The van der Waals surface area contributed by atoms with E-state index >= 15 is 0 Å². The standard InChI is InChI=1S/C44H34/c1-44(2,3)43-40-20-12-11-19-38(40)42(33-22-21-29-13-7-8-16-31(29)27-33)39-24-23-32(28-41(39)43)35-26-25-34(30-14-5-4-6-15-30)36-17-9-10-18-37(35)36/h4-28H,1-3H3. The van der Waals surface area contributed by atoms with Gasteiger partial charge in [0.25, 0.3) is 0 Å². The van der Waals surface area contributed by atoms with Crippen molar-refractivity contribution in [2.24, 2.45) is 0 Å². The molecule has 0 saturated carbocycles. The number of hydrogen-bond acceptors (Lipinski definition) is 0. The van der Waals surface area contributed by atoms with E-state index in [-0.39, 0.29) is 5.41 Å². The first-order valence-electron chi connectivity index (χ1n) is 15.5. The fraction of sp³-hybridized carbons (Fsp3) is 0.0909. The highest BCUT2D eigenvalue weighted by atomic mass is 14.3. The van der Waals surface area contributed by atoms with Crippen LogP contribution in [0.3, 0.4) is 0 Å². The highest BCUT2D eigenvalue weighted by Gasteiger charge is 2.24. The van der Waals surface area contributed by atoms with Crippen LogP contribution in [0.1, 0.15) is 26.3 Å². The van der Waals surface area contributed by atoms with E-state index in [1.54, 1.807) is 0 Å². The molecule has 0 spiro atoms. The van der Waals surface area contributed by atoms with Crippen LogP contribution in [0.5, 0.6) is 0 Å². The van der Waals surface area contributed by atoms with Crippen LogP contribution in [0.15, 0.2) is 152 Å². The fourth-order valence-electron chi connectivity index (χ4n) is 7.23. The number of benzene rings is 8. The van der Waals surface area contributed by atoms with Gasteiger partial charge in [-0.05, 0) is 99.6 Å². The van der Waals surface area contributed by atoms with Crippen molar-refractivity contribution >= 4 is 43.1 Å². The summed E-state index contributed by atoms with van der Waals surface area (Å²) in [6.45, 7) is 7.04. The summed E-state index contributed by atoms with van der Waals surface area (Å²) in [6, 6.07) is 55.9. The molecule has 0 amide bonds.